The second kappa shape index (κ2) is 8.58. The van der Waals surface area contributed by atoms with E-state index in [1.807, 2.05) is 24.3 Å². The highest BCUT2D eigenvalue weighted by atomic mass is 127. The molecule has 0 aliphatic rings. The number of alkyl halides is 3. The highest BCUT2D eigenvalue weighted by Gasteiger charge is 2.35. The van der Waals surface area contributed by atoms with Crippen molar-refractivity contribution < 1.29 is 4.79 Å². The Kier molecular flexibility index (Phi) is 7.73. The number of halogens is 4. The van der Waals surface area contributed by atoms with Gasteiger partial charge in [0.15, 0.2) is 11.3 Å². The van der Waals surface area contributed by atoms with Crippen molar-refractivity contribution in [2.24, 2.45) is 0 Å². The quantitative estimate of drug-likeness (QED) is 0.260. The molecule has 0 spiro atoms. The van der Waals surface area contributed by atoms with Gasteiger partial charge in [0.05, 0.1) is 0 Å². The van der Waals surface area contributed by atoms with E-state index >= 15 is 0 Å². The van der Waals surface area contributed by atoms with Crippen molar-refractivity contribution in [1.29, 1.82) is 0 Å². The Labute approximate surface area is 163 Å². The number of hydrogen-bond acceptors (Lipinski definition) is 2. The zero-order chi connectivity index (χ0) is 16.9. The van der Waals surface area contributed by atoms with E-state index in [4.69, 9.17) is 47.0 Å². The minimum absolute atomic E-state index is 0.219. The number of carbonyl (C=O) groups excluding carboxylic acids is 1. The van der Waals surface area contributed by atoms with Crippen molar-refractivity contribution in [2.75, 3.05) is 19.4 Å². The summed E-state index contributed by atoms with van der Waals surface area (Å²) in [5, 5.41) is 8.47. The first-order valence-electron chi connectivity index (χ1n) is 5.97. The van der Waals surface area contributed by atoms with Crippen LogP contribution in [-0.4, -0.2) is 40.1 Å². The van der Waals surface area contributed by atoms with Crippen molar-refractivity contribution in [3.05, 3.63) is 27.8 Å². The summed E-state index contributed by atoms with van der Waals surface area (Å²) < 4.78 is -0.678. The van der Waals surface area contributed by atoms with Gasteiger partial charge in [-0.05, 0) is 59.1 Å². The average molecular weight is 496 g/mol. The third kappa shape index (κ3) is 6.91. The molecule has 22 heavy (non-hydrogen) atoms. The highest BCUT2D eigenvalue weighted by Crippen LogP contribution is 2.29. The van der Waals surface area contributed by atoms with Crippen LogP contribution in [0.3, 0.4) is 0 Å². The fourth-order valence-electron chi connectivity index (χ4n) is 1.28. The second-order valence-electron chi connectivity index (χ2n) is 4.42. The molecule has 0 aromatic heterocycles. The van der Waals surface area contributed by atoms with Gasteiger partial charge >= 0.3 is 6.03 Å². The lowest BCUT2D eigenvalue weighted by Crippen LogP contribution is -2.57. The molecule has 3 N–H and O–H groups in total. The van der Waals surface area contributed by atoms with E-state index in [-0.39, 0.29) is 5.11 Å². The Balaban J connectivity index is 2.70. The fourth-order valence-corrected chi connectivity index (χ4v) is 2.21. The van der Waals surface area contributed by atoms with E-state index in [2.05, 4.69) is 38.5 Å². The summed E-state index contributed by atoms with van der Waals surface area (Å²) in [6, 6.07) is 7.15. The third-order valence-electron chi connectivity index (χ3n) is 2.38. The first kappa shape index (κ1) is 19.8. The standard InChI is InChI=1S/C12H14Cl3IN4OS/c1-20(2)11(21)19-9(12(13,14)15)18-10(22)17-8-5-3-7(16)4-6-8/h3-6,9H,1-2H3,(H,19,21)(H2,17,18,22)/t9-/m1/s1. The third-order valence-corrected chi connectivity index (χ3v) is 3.97. The van der Waals surface area contributed by atoms with Gasteiger partial charge in [-0.15, -0.1) is 0 Å². The van der Waals surface area contributed by atoms with Gasteiger partial charge in [0.25, 0.3) is 0 Å². The summed E-state index contributed by atoms with van der Waals surface area (Å²) in [5.74, 6) is 0. The highest BCUT2D eigenvalue weighted by molar-refractivity contribution is 14.1. The predicted octanol–water partition coefficient (Wildman–Crippen LogP) is 3.55. The van der Waals surface area contributed by atoms with Crippen LogP contribution < -0.4 is 16.0 Å². The molecule has 0 bridgehead atoms. The van der Waals surface area contributed by atoms with Gasteiger partial charge in [-0.1, -0.05) is 34.8 Å². The molecule has 5 nitrogen and oxygen atoms in total. The monoisotopic (exact) mass is 494 g/mol. The largest absolute Gasteiger partial charge is 0.339 e. The molecule has 1 atom stereocenters. The summed E-state index contributed by atoms with van der Waals surface area (Å²) >= 11 is 25.0. The fraction of sp³-hybridized carbons (Fsp3) is 0.333. The van der Waals surface area contributed by atoms with E-state index in [0.717, 1.165) is 9.26 Å². The summed E-state index contributed by atoms with van der Waals surface area (Å²) in [7, 11) is 3.15. The summed E-state index contributed by atoms with van der Waals surface area (Å²) in [4.78, 5) is 13.0. The van der Waals surface area contributed by atoms with Crippen LogP contribution in [0.4, 0.5) is 10.5 Å². The number of hydrogen-bond donors (Lipinski definition) is 3. The van der Waals surface area contributed by atoms with Gasteiger partial charge in [-0.3, -0.25) is 0 Å². The van der Waals surface area contributed by atoms with E-state index in [9.17, 15) is 4.79 Å². The van der Waals surface area contributed by atoms with Crippen molar-refractivity contribution in [3.63, 3.8) is 0 Å². The molecule has 2 amide bonds. The van der Waals surface area contributed by atoms with Crippen LogP contribution in [0.2, 0.25) is 0 Å². The average Bonchev–Trinajstić information content (AvgIpc) is 2.39. The number of amides is 2. The molecule has 0 radical (unpaired) electrons. The Morgan fingerprint density at radius 3 is 2.23 bits per heavy atom. The lowest BCUT2D eigenvalue weighted by atomic mass is 10.3. The molecule has 0 aliphatic carbocycles. The van der Waals surface area contributed by atoms with Crippen molar-refractivity contribution in [1.82, 2.24) is 15.5 Å². The van der Waals surface area contributed by atoms with Crippen molar-refractivity contribution in [2.45, 2.75) is 9.96 Å². The van der Waals surface area contributed by atoms with Gasteiger partial charge < -0.3 is 20.9 Å². The normalized spacial score (nSPS) is 12.3. The summed E-state index contributed by atoms with van der Waals surface area (Å²) in [6.07, 6.45) is -0.990. The van der Waals surface area contributed by atoms with E-state index < -0.39 is 16.0 Å². The smallest absolute Gasteiger partial charge is 0.318 e. The molecule has 0 unspecified atom stereocenters. The van der Waals surface area contributed by atoms with E-state index in [1.54, 1.807) is 14.1 Å². The maximum Gasteiger partial charge on any atom is 0.318 e. The Morgan fingerprint density at radius 2 is 1.77 bits per heavy atom. The maximum absolute atomic E-state index is 11.7. The second-order valence-corrected chi connectivity index (χ2v) is 8.45. The van der Waals surface area contributed by atoms with E-state index in [0.29, 0.717) is 0 Å². The number of nitrogens with zero attached hydrogens (tertiary/aromatic N) is 1. The predicted molar refractivity (Wildman–Crippen MR) is 105 cm³/mol. The molecular formula is C12H14Cl3IN4OS. The van der Waals surface area contributed by atoms with Gasteiger partial charge in [-0.2, -0.15) is 0 Å². The van der Waals surface area contributed by atoms with E-state index in [1.165, 1.54) is 4.90 Å². The number of nitrogens with one attached hydrogen (secondary N) is 3. The molecule has 0 aliphatic heterocycles. The van der Waals surface area contributed by atoms with Crippen LogP contribution in [0, 0.1) is 3.57 Å². The lowest BCUT2D eigenvalue weighted by molar-refractivity contribution is 0.212. The molecule has 0 heterocycles. The Morgan fingerprint density at radius 1 is 1.23 bits per heavy atom. The molecule has 122 valence electrons. The van der Waals surface area contributed by atoms with Crippen LogP contribution >= 0.6 is 69.6 Å². The molecule has 1 rings (SSSR count). The molecule has 1 aromatic rings. The van der Waals surface area contributed by atoms with Crippen molar-refractivity contribution in [3.8, 4) is 0 Å². The first-order valence-corrected chi connectivity index (χ1v) is 8.59. The minimum Gasteiger partial charge on any atom is -0.339 e. The maximum atomic E-state index is 11.7. The van der Waals surface area contributed by atoms with Gasteiger partial charge in [0, 0.05) is 23.4 Å². The summed E-state index contributed by atoms with van der Waals surface area (Å²) in [5.41, 5.74) is 0.778. The van der Waals surface area contributed by atoms with Gasteiger partial charge in [0.1, 0.15) is 0 Å². The number of thiocarbonyl (C=S) groups is 1. The van der Waals surface area contributed by atoms with Crippen LogP contribution in [0.25, 0.3) is 0 Å². The first-order chi connectivity index (χ1) is 10.1. The molecular weight excluding hydrogens is 481 g/mol. The summed E-state index contributed by atoms with van der Waals surface area (Å²) in [6.45, 7) is 0. The number of benzene rings is 1. The zero-order valence-corrected chi connectivity index (χ0v) is 16.9. The molecule has 0 saturated carbocycles. The zero-order valence-electron chi connectivity index (χ0n) is 11.7. The number of anilines is 1. The van der Waals surface area contributed by atoms with Crippen molar-refractivity contribution >= 4 is 86.4 Å². The van der Waals surface area contributed by atoms with Crippen LogP contribution in [0.1, 0.15) is 0 Å². The number of rotatable bonds is 3. The number of urea groups is 1. The number of carbonyl (C=O) groups is 1. The molecule has 0 fully saturated rings. The van der Waals surface area contributed by atoms with Gasteiger partial charge in [-0.25, -0.2) is 4.79 Å². The Hall–Kier alpha value is -0.220. The SMILES string of the molecule is CN(C)C(=O)N[C@@H](NC(=S)Nc1ccc(I)cc1)C(Cl)(Cl)Cl. The Bertz CT molecular complexity index is 536. The molecule has 0 saturated heterocycles. The van der Waals surface area contributed by atoms with Gasteiger partial charge in [0.2, 0.25) is 3.79 Å². The molecule has 10 heteroatoms. The topological polar surface area (TPSA) is 56.4 Å². The lowest BCUT2D eigenvalue weighted by Gasteiger charge is -2.28. The van der Waals surface area contributed by atoms with Crippen LogP contribution in [-0.2, 0) is 0 Å². The molecule has 1 aromatic carbocycles. The van der Waals surface area contributed by atoms with Crippen LogP contribution in [0.5, 0.6) is 0 Å². The minimum atomic E-state index is -1.77. The van der Waals surface area contributed by atoms with Crippen LogP contribution in [0.15, 0.2) is 24.3 Å².